The summed E-state index contributed by atoms with van der Waals surface area (Å²) in [6.07, 6.45) is 4.51. The molecule has 2 N–H and O–H groups in total. The number of carbonyl (C=O) groups excluding carboxylic acids is 1. The van der Waals surface area contributed by atoms with Gasteiger partial charge in [0.05, 0.1) is 0 Å². The maximum absolute atomic E-state index is 11.8. The van der Waals surface area contributed by atoms with Crippen molar-refractivity contribution in [2.24, 2.45) is 11.3 Å². The maximum atomic E-state index is 11.8. The zero-order valence-corrected chi connectivity index (χ0v) is 12.3. The fourth-order valence-corrected chi connectivity index (χ4v) is 2.97. The Bertz CT molecular complexity index is 256. The van der Waals surface area contributed by atoms with Crippen molar-refractivity contribution in [2.75, 3.05) is 25.1 Å². The Labute approximate surface area is 109 Å². The monoisotopic (exact) mass is 258 g/mol. The molecule has 1 saturated heterocycles. The predicted octanol–water partition coefficient (Wildman–Crippen LogP) is 1.88. The summed E-state index contributed by atoms with van der Waals surface area (Å²) >= 11 is 1.72. The van der Waals surface area contributed by atoms with E-state index in [4.69, 9.17) is 0 Å². The molecule has 1 rings (SSSR count). The second-order valence-electron chi connectivity index (χ2n) is 5.70. The van der Waals surface area contributed by atoms with E-state index in [1.807, 2.05) is 13.2 Å². The summed E-state index contributed by atoms with van der Waals surface area (Å²) in [6, 6.07) is 0.404. The lowest BCUT2D eigenvalue weighted by Gasteiger charge is -2.39. The first kappa shape index (κ1) is 14.8. The molecule has 0 bridgehead atoms. The zero-order valence-electron chi connectivity index (χ0n) is 11.5. The molecule has 0 aliphatic carbocycles. The first-order valence-corrected chi connectivity index (χ1v) is 7.87. The number of thioether (sulfide) groups is 1. The molecule has 3 nitrogen and oxygen atoms in total. The van der Waals surface area contributed by atoms with Gasteiger partial charge in [-0.15, -0.1) is 0 Å². The Morgan fingerprint density at radius 1 is 1.59 bits per heavy atom. The van der Waals surface area contributed by atoms with Gasteiger partial charge in [-0.3, -0.25) is 4.79 Å². The van der Waals surface area contributed by atoms with Crippen molar-refractivity contribution in [2.45, 2.75) is 39.7 Å². The summed E-state index contributed by atoms with van der Waals surface area (Å²) in [6.45, 7) is 8.38. The second-order valence-corrected chi connectivity index (χ2v) is 6.61. The number of hydrogen-bond acceptors (Lipinski definition) is 3. The first-order valence-electron chi connectivity index (χ1n) is 6.47. The Morgan fingerprint density at radius 3 is 2.88 bits per heavy atom. The van der Waals surface area contributed by atoms with Crippen LogP contribution in [0.1, 0.15) is 33.6 Å². The van der Waals surface area contributed by atoms with E-state index < -0.39 is 0 Å². The molecule has 100 valence electrons. The van der Waals surface area contributed by atoms with E-state index in [0.29, 0.717) is 6.04 Å². The number of nitrogens with one attached hydrogen (secondary N) is 2. The smallest absolute Gasteiger partial charge is 0.223 e. The van der Waals surface area contributed by atoms with Crippen LogP contribution in [0, 0.1) is 11.3 Å². The third kappa shape index (κ3) is 4.51. The number of carbonyl (C=O) groups is 1. The number of hydrogen-bond donors (Lipinski definition) is 2. The average Bonchev–Trinajstić information content (AvgIpc) is 2.27. The van der Waals surface area contributed by atoms with Crippen LogP contribution >= 0.6 is 11.8 Å². The molecule has 0 saturated carbocycles. The number of piperidine rings is 1. The molecule has 0 spiro atoms. The lowest BCUT2D eigenvalue weighted by molar-refractivity contribution is -0.124. The molecular formula is C13H26N2OS. The summed E-state index contributed by atoms with van der Waals surface area (Å²) in [7, 11) is 0. The minimum Gasteiger partial charge on any atom is -0.354 e. The standard InChI is InChI=1S/C13H26N2OS/c1-10(9-17-4)12(16)15-8-11-13(2,3)6-5-7-14-11/h10-11,14H,5-9H2,1-4H3,(H,15,16). The molecule has 2 unspecified atom stereocenters. The topological polar surface area (TPSA) is 41.1 Å². The van der Waals surface area contributed by atoms with Crippen LogP contribution in [0.5, 0.6) is 0 Å². The van der Waals surface area contributed by atoms with Gasteiger partial charge < -0.3 is 10.6 Å². The van der Waals surface area contributed by atoms with Gasteiger partial charge in [0.25, 0.3) is 0 Å². The minimum atomic E-state index is 0.108. The predicted molar refractivity (Wildman–Crippen MR) is 75.4 cm³/mol. The minimum absolute atomic E-state index is 0.108. The third-order valence-electron chi connectivity index (χ3n) is 3.68. The van der Waals surface area contributed by atoms with Crippen LogP contribution in [-0.4, -0.2) is 37.0 Å². The van der Waals surface area contributed by atoms with Crippen LogP contribution < -0.4 is 10.6 Å². The highest BCUT2D eigenvalue weighted by Crippen LogP contribution is 2.29. The molecule has 1 aliphatic rings. The summed E-state index contributed by atoms with van der Waals surface area (Å²) in [4.78, 5) is 11.8. The van der Waals surface area contributed by atoms with Gasteiger partial charge in [0.15, 0.2) is 0 Å². The van der Waals surface area contributed by atoms with E-state index in [0.717, 1.165) is 18.8 Å². The largest absolute Gasteiger partial charge is 0.354 e. The summed E-state index contributed by atoms with van der Waals surface area (Å²) < 4.78 is 0. The van der Waals surface area contributed by atoms with Gasteiger partial charge in [-0.25, -0.2) is 0 Å². The van der Waals surface area contributed by atoms with Gasteiger partial charge in [-0.05, 0) is 31.1 Å². The molecule has 17 heavy (non-hydrogen) atoms. The van der Waals surface area contributed by atoms with Crippen LogP contribution in [0.25, 0.3) is 0 Å². The molecule has 2 atom stereocenters. The quantitative estimate of drug-likeness (QED) is 0.791. The van der Waals surface area contributed by atoms with Crippen molar-refractivity contribution in [3.8, 4) is 0 Å². The van der Waals surface area contributed by atoms with E-state index in [1.165, 1.54) is 12.8 Å². The SMILES string of the molecule is CSCC(C)C(=O)NCC1NCCCC1(C)C. The van der Waals surface area contributed by atoms with Crippen molar-refractivity contribution in [3.63, 3.8) is 0 Å². The van der Waals surface area contributed by atoms with Gasteiger partial charge in [0, 0.05) is 24.3 Å². The summed E-state index contributed by atoms with van der Waals surface area (Å²) in [5.74, 6) is 1.19. The molecule has 1 amide bonds. The molecule has 0 aromatic carbocycles. The van der Waals surface area contributed by atoms with E-state index in [1.54, 1.807) is 11.8 Å². The average molecular weight is 258 g/mol. The van der Waals surface area contributed by atoms with E-state index in [2.05, 4.69) is 24.5 Å². The Morgan fingerprint density at radius 2 is 2.29 bits per heavy atom. The molecule has 0 aromatic heterocycles. The van der Waals surface area contributed by atoms with Gasteiger partial charge >= 0.3 is 0 Å². The van der Waals surface area contributed by atoms with Crippen molar-refractivity contribution in [3.05, 3.63) is 0 Å². The Balaban J connectivity index is 2.36. The van der Waals surface area contributed by atoms with Crippen molar-refractivity contribution in [1.29, 1.82) is 0 Å². The summed E-state index contributed by atoms with van der Waals surface area (Å²) in [5, 5.41) is 6.59. The summed E-state index contributed by atoms with van der Waals surface area (Å²) in [5.41, 5.74) is 0.286. The highest BCUT2D eigenvalue weighted by molar-refractivity contribution is 7.98. The van der Waals surface area contributed by atoms with Crippen LogP contribution in [0.4, 0.5) is 0 Å². The molecule has 1 aliphatic heterocycles. The van der Waals surface area contributed by atoms with Crippen LogP contribution in [-0.2, 0) is 4.79 Å². The van der Waals surface area contributed by atoms with Crippen molar-refractivity contribution >= 4 is 17.7 Å². The number of rotatable bonds is 5. The zero-order chi connectivity index (χ0) is 12.9. The highest BCUT2D eigenvalue weighted by atomic mass is 32.2. The normalized spacial score (nSPS) is 25.3. The lowest BCUT2D eigenvalue weighted by atomic mass is 9.77. The first-order chi connectivity index (χ1) is 7.97. The van der Waals surface area contributed by atoms with Crippen molar-refractivity contribution in [1.82, 2.24) is 10.6 Å². The van der Waals surface area contributed by atoms with Gasteiger partial charge in [-0.2, -0.15) is 11.8 Å². The molecular weight excluding hydrogens is 232 g/mol. The fraction of sp³-hybridized carbons (Fsp3) is 0.923. The van der Waals surface area contributed by atoms with Gasteiger partial charge in [0.1, 0.15) is 0 Å². The van der Waals surface area contributed by atoms with Crippen LogP contribution in [0.2, 0.25) is 0 Å². The van der Waals surface area contributed by atoms with E-state index in [-0.39, 0.29) is 17.2 Å². The Hall–Kier alpha value is -0.220. The van der Waals surface area contributed by atoms with Gasteiger partial charge in [-0.1, -0.05) is 20.8 Å². The Kier molecular flexibility index (Phi) is 5.80. The van der Waals surface area contributed by atoms with Crippen molar-refractivity contribution < 1.29 is 4.79 Å². The highest BCUT2D eigenvalue weighted by Gasteiger charge is 2.32. The van der Waals surface area contributed by atoms with Crippen LogP contribution in [0.15, 0.2) is 0 Å². The maximum Gasteiger partial charge on any atom is 0.223 e. The van der Waals surface area contributed by atoms with E-state index in [9.17, 15) is 4.79 Å². The van der Waals surface area contributed by atoms with E-state index >= 15 is 0 Å². The molecule has 0 aromatic rings. The molecule has 1 fully saturated rings. The van der Waals surface area contributed by atoms with Gasteiger partial charge in [0.2, 0.25) is 5.91 Å². The second kappa shape index (κ2) is 6.64. The number of amides is 1. The fourth-order valence-electron chi connectivity index (χ4n) is 2.32. The lowest BCUT2D eigenvalue weighted by Crippen LogP contribution is -2.53. The molecule has 0 radical (unpaired) electrons. The molecule has 1 heterocycles. The van der Waals surface area contributed by atoms with Crippen LogP contribution in [0.3, 0.4) is 0 Å². The third-order valence-corrected chi connectivity index (χ3v) is 4.51. The molecule has 4 heteroatoms.